The number of aromatic amines is 1. The van der Waals surface area contributed by atoms with E-state index in [1.54, 1.807) is 37.6 Å². The van der Waals surface area contributed by atoms with Gasteiger partial charge in [-0.2, -0.15) is 5.10 Å². The number of H-pyrrole nitrogens is 1. The standard InChI is InChI=1S/C23H27N5O4/c1-4-15-12-24-23(25-13-15)32-17-6-5-9-28(14-17)22(29)20-11-19(26-27-20)18-10-16(30-2)7-8-21(18)31-3/h7-8,10-13,17H,4-6,9,14H2,1-3H3,(H,26,27). The highest BCUT2D eigenvalue weighted by molar-refractivity contribution is 5.93. The molecular weight excluding hydrogens is 410 g/mol. The van der Waals surface area contributed by atoms with Crippen LogP contribution in [-0.2, 0) is 6.42 Å². The van der Waals surface area contributed by atoms with Crippen LogP contribution < -0.4 is 14.2 Å². The highest BCUT2D eigenvalue weighted by Gasteiger charge is 2.27. The molecule has 1 aliphatic rings. The monoisotopic (exact) mass is 437 g/mol. The molecule has 3 heterocycles. The van der Waals surface area contributed by atoms with Gasteiger partial charge < -0.3 is 19.1 Å². The molecule has 0 bridgehead atoms. The number of piperidine rings is 1. The summed E-state index contributed by atoms with van der Waals surface area (Å²) in [7, 11) is 3.19. The number of methoxy groups -OCH3 is 2. The minimum absolute atomic E-state index is 0.124. The van der Waals surface area contributed by atoms with Crippen molar-refractivity contribution in [3.05, 3.63) is 47.9 Å². The van der Waals surface area contributed by atoms with Crippen molar-refractivity contribution in [2.45, 2.75) is 32.3 Å². The van der Waals surface area contributed by atoms with E-state index < -0.39 is 0 Å². The fourth-order valence-electron chi connectivity index (χ4n) is 3.71. The highest BCUT2D eigenvalue weighted by Crippen LogP contribution is 2.32. The minimum Gasteiger partial charge on any atom is -0.497 e. The van der Waals surface area contributed by atoms with Gasteiger partial charge in [-0.3, -0.25) is 9.89 Å². The van der Waals surface area contributed by atoms with Gasteiger partial charge in [0.05, 0.1) is 26.5 Å². The van der Waals surface area contributed by atoms with E-state index in [1.807, 2.05) is 18.2 Å². The molecule has 0 spiro atoms. The molecule has 0 saturated carbocycles. The molecule has 1 unspecified atom stereocenters. The lowest BCUT2D eigenvalue weighted by atomic mass is 10.1. The number of aromatic nitrogens is 4. The maximum absolute atomic E-state index is 13.1. The van der Waals surface area contributed by atoms with E-state index in [9.17, 15) is 4.79 Å². The Labute approximate surface area is 186 Å². The van der Waals surface area contributed by atoms with Gasteiger partial charge in [0.2, 0.25) is 0 Å². The van der Waals surface area contributed by atoms with Gasteiger partial charge in [-0.25, -0.2) is 9.97 Å². The first-order chi connectivity index (χ1) is 15.6. The molecule has 9 nitrogen and oxygen atoms in total. The molecule has 1 saturated heterocycles. The molecule has 2 aromatic heterocycles. The summed E-state index contributed by atoms with van der Waals surface area (Å²) in [5.41, 5.74) is 2.82. The molecule has 3 aromatic rings. The van der Waals surface area contributed by atoms with E-state index in [2.05, 4.69) is 27.1 Å². The fourth-order valence-corrected chi connectivity index (χ4v) is 3.71. The third-order valence-electron chi connectivity index (χ3n) is 5.52. The van der Waals surface area contributed by atoms with Crippen LogP contribution in [0.2, 0.25) is 0 Å². The maximum atomic E-state index is 13.1. The van der Waals surface area contributed by atoms with Crippen molar-refractivity contribution < 1.29 is 19.0 Å². The number of rotatable bonds is 7. The number of hydrogen-bond donors (Lipinski definition) is 1. The van der Waals surface area contributed by atoms with Crippen LogP contribution >= 0.6 is 0 Å². The lowest BCUT2D eigenvalue weighted by Crippen LogP contribution is -2.44. The number of ether oxygens (including phenoxy) is 3. The summed E-state index contributed by atoms with van der Waals surface area (Å²) >= 11 is 0. The number of carbonyl (C=O) groups excluding carboxylic acids is 1. The molecule has 1 aromatic carbocycles. The molecule has 168 valence electrons. The zero-order valence-electron chi connectivity index (χ0n) is 18.5. The molecule has 1 amide bonds. The maximum Gasteiger partial charge on any atom is 0.316 e. The Morgan fingerprint density at radius 3 is 2.72 bits per heavy atom. The number of amides is 1. The van der Waals surface area contributed by atoms with Crippen LogP contribution in [0.25, 0.3) is 11.3 Å². The normalized spacial score (nSPS) is 16.0. The SMILES string of the molecule is CCc1cnc(OC2CCCN(C(=O)c3cc(-c4cc(OC)ccc4OC)n[nH]3)C2)nc1. The van der Waals surface area contributed by atoms with E-state index in [0.29, 0.717) is 42.0 Å². The minimum atomic E-state index is -0.152. The third kappa shape index (κ3) is 4.66. The summed E-state index contributed by atoms with van der Waals surface area (Å²) in [6.07, 6.45) is 5.95. The number of benzene rings is 1. The summed E-state index contributed by atoms with van der Waals surface area (Å²) in [6, 6.07) is 7.53. The summed E-state index contributed by atoms with van der Waals surface area (Å²) < 4.78 is 16.7. The first-order valence-corrected chi connectivity index (χ1v) is 10.7. The van der Waals surface area contributed by atoms with Crippen molar-refractivity contribution in [1.82, 2.24) is 25.1 Å². The molecule has 1 fully saturated rings. The Balaban J connectivity index is 1.46. The molecule has 32 heavy (non-hydrogen) atoms. The van der Waals surface area contributed by atoms with Crippen LogP contribution in [0.15, 0.2) is 36.7 Å². The molecule has 1 N–H and O–H groups in total. The van der Waals surface area contributed by atoms with Gasteiger partial charge in [-0.05, 0) is 49.1 Å². The van der Waals surface area contributed by atoms with Crippen molar-refractivity contribution in [2.75, 3.05) is 27.3 Å². The van der Waals surface area contributed by atoms with Crippen molar-refractivity contribution in [2.24, 2.45) is 0 Å². The van der Waals surface area contributed by atoms with Gasteiger partial charge in [0, 0.05) is 24.5 Å². The van der Waals surface area contributed by atoms with Gasteiger partial charge in [-0.15, -0.1) is 0 Å². The number of carbonyl (C=O) groups is 1. The van der Waals surface area contributed by atoms with Crippen LogP contribution in [-0.4, -0.2) is 64.4 Å². The fraction of sp³-hybridized carbons (Fsp3) is 0.391. The van der Waals surface area contributed by atoms with Gasteiger partial charge in [0.15, 0.2) is 0 Å². The number of nitrogens with zero attached hydrogens (tertiary/aromatic N) is 4. The quantitative estimate of drug-likeness (QED) is 0.606. The molecular formula is C23H27N5O4. The van der Waals surface area contributed by atoms with E-state index in [4.69, 9.17) is 14.2 Å². The molecule has 9 heteroatoms. The van der Waals surface area contributed by atoms with Crippen LogP contribution in [0.4, 0.5) is 0 Å². The summed E-state index contributed by atoms with van der Waals surface area (Å²) in [5.74, 6) is 1.21. The van der Waals surface area contributed by atoms with Crippen LogP contribution in [0.1, 0.15) is 35.8 Å². The van der Waals surface area contributed by atoms with E-state index in [-0.39, 0.29) is 12.0 Å². The molecule has 4 rings (SSSR count). The van der Waals surface area contributed by atoms with Crippen molar-refractivity contribution in [3.8, 4) is 28.8 Å². The average Bonchev–Trinajstić information content (AvgIpc) is 3.34. The van der Waals surface area contributed by atoms with Crippen LogP contribution in [0.5, 0.6) is 17.5 Å². The van der Waals surface area contributed by atoms with Crippen molar-refractivity contribution in [3.63, 3.8) is 0 Å². The van der Waals surface area contributed by atoms with Gasteiger partial charge >= 0.3 is 6.01 Å². The lowest BCUT2D eigenvalue weighted by molar-refractivity contribution is 0.0510. The number of aryl methyl sites for hydroxylation is 1. The number of hydrogen-bond acceptors (Lipinski definition) is 7. The Hall–Kier alpha value is -3.62. The van der Waals surface area contributed by atoms with Gasteiger partial charge in [0.25, 0.3) is 5.91 Å². The smallest absolute Gasteiger partial charge is 0.316 e. The lowest BCUT2D eigenvalue weighted by Gasteiger charge is -2.32. The zero-order valence-corrected chi connectivity index (χ0v) is 18.5. The predicted octanol–water partition coefficient (Wildman–Crippen LogP) is 3.13. The molecule has 1 aliphatic heterocycles. The molecule has 0 aliphatic carbocycles. The second kappa shape index (κ2) is 9.67. The largest absolute Gasteiger partial charge is 0.497 e. The van der Waals surface area contributed by atoms with E-state index in [0.717, 1.165) is 30.4 Å². The van der Waals surface area contributed by atoms with Gasteiger partial charge in [-0.1, -0.05) is 6.92 Å². The van der Waals surface area contributed by atoms with E-state index in [1.165, 1.54) is 0 Å². The Bertz CT molecular complexity index is 1070. The summed E-state index contributed by atoms with van der Waals surface area (Å²) in [6.45, 7) is 3.18. The summed E-state index contributed by atoms with van der Waals surface area (Å²) in [5, 5.41) is 7.19. The van der Waals surface area contributed by atoms with Crippen LogP contribution in [0.3, 0.4) is 0 Å². The first-order valence-electron chi connectivity index (χ1n) is 10.7. The Morgan fingerprint density at radius 2 is 2.00 bits per heavy atom. The summed E-state index contributed by atoms with van der Waals surface area (Å²) in [4.78, 5) is 23.4. The Kier molecular flexibility index (Phi) is 6.53. The third-order valence-corrected chi connectivity index (χ3v) is 5.52. The second-order valence-corrected chi connectivity index (χ2v) is 7.59. The zero-order chi connectivity index (χ0) is 22.5. The highest BCUT2D eigenvalue weighted by atomic mass is 16.5. The first kappa shape index (κ1) is 21.6. The number of likely N-dealkylation sites (tertiary alicyclic amines) is 1. The molecule has 1 atom stereocenters. The predicted molar refractivity (Wildman–Crippen MR) is 118 cm³/mol. The molecule has 0 radical (unpaired) electrons. The van der Waals surface area contributed by atoms with Gasteiger partial charge in [0.1, 0.15) is 23.3 Å². The topological polar surface area (TPSA) is 102 Å². The Morgan fingerprint density at radius 1 is 1.19 bits per heavy atom. The second-order valence-electron chi connectivity index (χ2n) is 7.59. The van der Waals surface area contributed by atoms with Crippen LogP contribution in [0, 0.1) is 0 Å². The average molecular weight is 438 g/mol. The van der Waals surface area contributed by atoms with Crippen molar-refractivity contribution >= 4 is 5.91 Å². The van der Waals surface area contributed by atoms with E-state index >= 15 is 0 Å². The number of nitrogens with one attached hydrogen (secondary N) is 1. The van der Waals surface area contributed by atoms with Crippen molar-refractivity contribution in [1.29, 1.82) is 0 Å².